The van der Waals surface area contributed by atoms with E-state index >= 15 is 0 Å². The molecule has 1 atom stereocenters. The third-order valence-corrected chi connectivity index (χ3v) is 3.28. The van der Waals surface area contributed by atoms with Crippen LogP contribution in [0.15, 0.2) is 22.7 Å². The minimum atomic E-state index is -4.50. The molecule has 18 heavy (non-hydrogen) atoms. The van der Waals surface area contributed by atoms with E-state index in [9.17, 15) is 17.7 Å². The zero-order chi connectivity index (χ0) is 14.0. The van der Waals surface area contributed by atoms with Gasteiger partial charge in [0.05, 0.1) is 11.3 Å². The average Bonchev–Trinajstić information content (AvgIpc) is 2.23. The molecule has 1 aromatic rings. The number of aromatic nitrogens is 1. The summed E-state index contributed by atoms with van der Waals surface area (Å²) in [4.78, 5) is 3.60. The summed E-state index contributed by atoms with van der Waals surface area (Å²) in [5, 5.41) is 0. The Hall–Kier alpha value is -1.08. The SMILES string of the molecule is CC(C)(C)[S+]([O-])N=Cc1ncccc1C(F)(F)F. The molecule has 3 nitrogen and oxygen atoms in total. The van der Waals surface area contributed by atoms with Crippen molar-refractivity contribution in [1.82, 2.24) is 4.98 Å². The van der Waals surface area contributed by atoms with Gasteiger partial charge in [0, 0.05) is 6.20 Å². The maximum Gasteiger partial charge on any atom is 0.418 e. The average molecular weight is 278 g/mol. The number of alkyl halides is 3. The van der Waals surface area contributed by atoms with Crippen molar-refractivity contribution in [3.63, 3.8) is 0 Å². The molecule has 0 radical (unpaired) electrons. The molecule has 7 heteroatoms. The minimum Gasteiger partial charge on any atom is -0.591 e. The third-order valence-electron chi connectivity index (χ3n) is 1.94. The van der Waals surface area contributed by atoms with Gasteiger partial charge in [0.2, 0.25) is 0 Å². The Balaban J connectivity index is 3.02. The first-order valence-corrected chi connectivity index (χ1v) is 6.21. The molecular formula is C11H13F3N2OS. The van der Waals surface area contributed by atoms with Gasteiger partial charge in [-0.15, -0.1) is 0 Å². The van der Waals surface area contributed by atoms with Crippen molar-refractivity contribution in [2.75, 3.05) is 0 Å². The van der Waals surface area contributed by atoms with Crippen LogP contribution in [0.25, 0.3) is 0 Å². The largest absolute Gasteiger partial charge is 0.591 e. The molecule has 0 fully saturated rings. The summed E-state index contributed by atoms with van der Waals surface area (Å²) in [6.07, 6.45) is -2.36. The second kappa shape index (κ2) is 5.27. The van der Waals surface area contributed by atoms with Gasteiger partial charge in [0.25, 0.3) is 0 Å². The number of hydrogen-bond acceptors (Lipinski definition) is 3. The number of halogens is 3. The van der Waals surface area contributed by atoms with Crippen molar-refractivity contribution in [3.8, 4) is 0 Å². The predicted octanol–water partition coefficient (Wildman–Crippen LogP) is 2.98. The maximum atomic E-state index is 12.6. The topological polar surface area (TPSA) is 48.3 Å². The van der Waals surface area contributed by atoms with Gasteiger partial charge >= 0.3 is 6.18 Å². The van der Waals surface area contributed by atoms with E-state index in [0.29, 0.717) is 0 Å². The van der Waals surface area contributed by atoms with E-state index in [0.717, 1.165) is 12.3 Å². The second-order valence-electron chi connectivity index (χ2n) is 4.53. The van der Waals surface area contributed by atoms with Crippen LogP contribution in [0.2, 0.25) is 0 Å². The molecule has 0 aliphatic rings. The highest BCUT2D eigenvalue weighted by Gasteiger charge is 2.34. The summed E-state index contributed by atoms with van der Waals surface area (Å²) in [5.74, 6) is 0. The molecule has 0 saturated carbocycles. The lowest BCUT2D eigenvalue weighted by atomic mass is 10.2. The second-order valence-corrected chi connectivity index (χ2v) is 6.46. The van der Waals surface area contributed by atoms with Crippen LogP contribution < -0.4 is 0 Å². The molecule has 100 valence electrons. The minimum absolute atomic E-state index is 0.331. The van der Waals surface area contributed by atoms with Gasteiger partial charge in [0.15, 0.2) is 0 Å². The van der Waals surface area contributed by atoms with Crippen molar-refractivity contribution < 1.29 is 17.7 Å². The number of pyridine rings is 1. The van der Waals surface area contributed by atoms with Crippen LogP contribution in [0.1, 0.15) is 32.0 Å². The summed E-state index contributed by atoms with van der Waals surface area (Å²) >= 11 is -1.61. The van der Waals surface area contributed by atoms with Crippen molar-refractivity contribution in [2.24, 2.45) is 4.40 Å². The molecule has 0 saturated heterocycles. The Morgan fingerprint density at radius 3 is 2.44 bits per heavy atom. The molecule has 0 aliphatic carbocycles. The van der Waals surface area contributed by atoms with E-state index in [-0.39, 0.29) is 5.69 Å². The van der Waals surface area contributed by atoms with E-state index in [1.54, 1.807) is 20.8 Å². The van der Waals surface area contributed by atoms with Crippen molar-refractivity contribution >= 4 is 17.6 Å². The first-order valence-electron chi connectivity index (χ1n) is 5.10. The highest BCUT2D eigenvalue weighted by molar-refractivity contribution is 7.91. The highest BCUT2D eigenvalue weighted by atomic mass is 32.2. The molecule has 1 aromatic heterocycles. The van der Waals surface area contributed by atoms with Crippen LogP contribution in [0.5, 0.6) is 0 Å². The fourth-order valence-corrected chi connectivity index (χ4v) is 1.53. The summed E-state index contributed by atoms with van der Waals surface area (Å²) in [5.41, 5.74) is -1.22. The third kappa shape index (κ3) is 3.99. The van der Waals surface area contributed by atoms with Gasteiger partial charge in [-0.1, -0.05) is 4.40 Å². The Labute approximate surface area is 106 Å². The highest BCUT2D eigenvalue weighted by Crippen LogP contribution is 2.30. The lowest BCUT2D eigenvalue weighted by Crippen LogP contribution is -2.26. The maximum absolute atomic E-state index is 12.6. The molecule has 0 aliphatic heterocycles. The zero-order valence-corrected chi connectivity index (χ0v) is 11.0. The van der Waals surface area contributed by atoms with E-state index in [1.165, 1.54) is 12.3 Å². The zero-order valence-electron chi connectivity index (χ0n) is 10.2. The number of hydrogen-bond donors (Lipinski definition) is 0. The van der Waals surface area contributed by atoms with Crippen LogP contribution in [0, 0.1) is 0 Å². The number of rotatable bonds is 2. The van der Waals surface area contributed by atoms with E-state index in [2.05, 4.69) is 9.38 Å². The first-order chi connectivity index (χ1) is 8.12. The van der Waals surface area contributed by atoms with E-state index < -0.39 is 27.8 Å². The van der Waals surface area contributed by atoms with Crippen LogP contribution in [0.4, 0.5) is 13.2 Å². The fraction of sp³-hybridized carbons (Fsp3) is 0.455. The van der Waals surface area contributed by atoms with Crippen LogP contribution >= 0.6 is 0 Å². The van der Waals surface area contributed by atoms with Gasteiger partial charge in [-0.3, -0.25) is 4.98 Å². The first kappa shape index (κ1) is 15.0. The van der Waals surface area contributed by atoms with Crippen LogP contribution in [-0.2, 0) is 17.5 Å². The monoisotopic (exact) mass is 278 g/mol. The van der Waals surface area contributed by atoms with Gasteiger partial charge in [0.1, 0.15) is 22.3 Å². The van der Waals surface area contributed by atoms with Crippen LogP contribution in [0.3, 0.4) is 0 Å². The van der Waals surface area contributed by atoms with E-state index in [4.69, 9.17) is 0 Å². The molecule has 1 heterocycles. The summed E-state index contributed by atoms with van der Waals surface area (Å²) in [7, 11) is 0. The summed E-state index contributed by atoms with van der Waals surface area (Å²) in [6.45, 7) is 5.05. The Morgan fingerprint density at radius 1 is 1.33 bits per heavy atom. The molecular weight excluding hydrogens is 265 g/mol. The molecule has 1 rings (SSSR count). The molecule has 0 aromatic carbocycles. The molecule has 0 bridgehead atoms. The van der Waals surface area contributed by atoms with Crippen LogP contribution in [-0.4, -0.2) is 20.5 Å². The molecule has 0 amide bonds. The summed E-state index contributed by atoms with van der Waals surface area (Å²) in [6, 6.07) is 2.11. The van der Waals surface area contributed by atoms with Crippen molar-refractivity contribution in [2.45, 2.75) is 31.7 Å². The Kier molecular flexibility index (Phi) is 4.39. The summed E-state index contributed by atoms with van der Waals surface area (Å²) < 4.78 is 52.5. The number of nitrogens with zero attached hydrogens (tertiary/aromatic N) is 2. The van der Waals surface area contributed by atoms with E-state index in [1.807, 2.05) is 0 Å². The Bertz CT molecular complexity index is 441. The lowest BCUT2D eigenvalue weighted by Gasteiger charge is -2.17. The smallest absolute Gasteiger partial charge is 0.418 e. The molecule has 1 unspecified atom stereocenters. The van der Waals surface area contributed by atoms with Gasteiger partial charge in [-0.05, 0) is 32.9 Å². The normalized spacial score (nSPS) is 15.1. The van der Waals surface area contributed by atoms with Crippen molar-refractivity contribution in [3.05, 3.63) is 29.6 Å². The molecule has 0 spiro atoms. The van der Waals surface area contributed by atoms with Gasteiger partial charge in [-0.2, -0.15) is 13.2 Å². The van der Waals surface area contributed by atoms with Gasteiger partial charge < -0.3 is 4.55 Å². The molecule has 0 N–H and O–H groups in total. The Morgan fingerprint density at radius 2 is 1.94 bits per heavy atom. The predicted molar refractivity (Wildman–Crippen MR) is 64.7 cm³/mol. The van der Waals surface area contributed by atoms with Crippen molar-refractivity contribution in [1.29, 1.82) is 0 Å². The van der Waals surface area contributed by atoms with Gasteiger partial charge in [-0.25, -0.2) is 0 Å². The fourth-order valence-electron chi connectivity index (χ4n) is 1.02. The standard InChI is InChI=1S/C11H13F3N2OS/c1-10(2,3)18(17)16-7-9-8(11(12,13)14)5-4-6-15-9/h4-7H,1-3H3. The lowest BCUT2D eigenvalue weighted by molar-refractivity contribution is -0.137. The quantitative estimate of drug-likeness (QED) is 0.617.